The molecule has 36 heavy (non-hydrogen) atoms. The van der Waals surface area contributed by atoms with Gasteiger partial charge in [0.1, 0.15) is 11.9 Å². The van der Waals surface area contributed by atoms with Crippen LogP contribution in [0.25, 0.3) is 11.0 Å². The fourth-order valence-corrected chi connectivity index (χ4v) is 5.41. The lowest BCUT2D eigenvalue weighted by molar-refractivity contribution is -0.139. The number of thiophene rings is 1. The third-order valence-electron chi connectivity index (χ3n) is 6.27. The summed E-state index contributed by atoms with van der Waals surface area (Å²) in [5.74, 6) is -0.644. The van der Waals surface area contributed by atoms with E-state index in [1.165, 1.54) is 4.88 Å². The number of hydrogen-bond acceptors (Lipinski definition) is 4. The standard InChI is InChI=1S/C27H27Cl2N3O3S/c1-3-18(4-2)32-24-10-8-17(14-22(24)30-25(32)15-19-6-5-11-36-19)26(33)31-23(27(34)35)13-16-7-9-20(28)21(29)12-16/h5-12,14,18,23H,3-4,13,15H2,1-2H3,(H,31,33)(H,34,35). The van der Waals surface area contributed by atoms with E-state index in [0.717, 1.165) is 36.1 Å². The van der Waals surface area contributed by atoms with Gasteiger partial charge in [-0.15, -0.1) is 11.3 Å². The molecular weight excluding hydrogens is 517 g/mol. The molecule has 6 nitrogen and oxygen atoms in total. The van der Waals surface area contributed by atoms with E-state index in [-0.39, 0.29) is 6.42 Å². The molecule has 0 bridgehead atoms. The Morgan fingerprint density at radius 2 is 1.86 bits per heavy atom. The van der Waals surface area contributed by atoms with Gasteiger partial charge in [0.15, 0.2) is 0 Å². The smallest absolute Gasteiger partial charge is 0.326 e. The van der Waals surface area contributed by atoms with E-state index in [9.17, 15) is 14.7 Å². The Bertz CT molecular complexity index is 1380. The average molecular weight is 545 g/mol. The highest BCUT2D eigenvalue weighted by Gasteiger charge is 2.23. The molecule has 9 heteroatoms. The summed E-state index contributed by atoms with van der Waals surface area (Å²) in [6.07, 6.45) is 2.73. The molecule has 2 N–H and O–H groups in total. The minimum atomic E-state index is -1.13. The SMILES string of the molecule is CCC(CC)n1c(Cc2cccs2)nc2cc(C(=O)NC(Cc3ccc(Cl)c(Cl)c3)C(=O)O)ccc21. The Hall–Kier alpha value is -2.87. The van der Waals surface area contributed by atoms with Gasteiger partial charge in [0.05, 0.1) is 21.1 Å². The Labute approximate surface area is 223 Å². The van der Waals surface area contributed by atoms with Gasteiger partial charge >= 0.3 is 5.97 Å². The molecule has 1 atom stereocenters. The fraction of sp³-hybridized carbons (Fsp3) is 0.296. The number of carbonyl (C=O) groups is 2. The molecule has 0 fully saturated rings. The number of fused-ring (bicyclic) bond motifs is 1. The van der Waals surface area contributed by atoms with Gasteiger partial charge < -0.3 is 15.0 Å². The van der Waals surface area contributed by atoms with Crippen molar-refractivity contribution in [3.63, 3.8) is 0 Å². The minimum absolute atomic E-state index is 0.0779. The van der Waals surface area contributed by atoms with E-state index in [1.807, 2.05) is 12.1 Å². The second-order valence-electron chi connectivity index (χ2n) is 8.64. The summed E-state index contributed by atoms with van der Waals surface area (Å²) in [5, 5.41) is 15.1. The number of benzene rings is 2. The predicted octanol–water partition coefficient (Wildman–Crippen LogP) is 6.78. The second-order valence-corrected chi connectivity index (χ2v) is 10.5. The number of nitrogens with one attached hydrogen (secondary N) is 1. The van der Waals surface area contributed by atoms with Gasteiger partial charge in [0.2, 0.25) is 0 Å². The number of amides is 1. The lowest BCUT2D eigenvalue weighted by atomic mass is 10.1. The highest BCUT2D eigenvalue weighted by atomic mass is 35.5. The number of imidazole rings is 1. The summed E-state index contributed by atoms with van der Waals surface area (Å²) in [5.41, 5.74) is 2.71. The molecule has 2 heterocycles. The molecule has 0 aliphatic rings. The van der Waals surface area contributed by atoms with Crippen LogP contribution in [0, 0.1) is 0 Å². The Kier molecular flexibility index (Phi) is 8.34. The van der Waals surface area contributed by atoms with Crippen LogP contribution in [0.5, 0.6) is 0 Å². The third-order valence-corrected chi connectivity index (χ3v) is 7.89. The molecule has 0 aliphatic heterocycles. The van der Waals surface area contributed by atoms with E-state index in [2.05, 4.69) is 35.2 Å². The zero-order valence-corrected chi connectivity index (χ0v) is 22.3. The summed E-state index contributed by atoms with van der Waals surface area (Å²) in [6, 6.07) is 13.6. The summed E-state index contributed by atoms with van der Waals surface area (Å²) in [7, 11) is 0. The predicted molar refractivity (Wildman–Crippen MR) is 146 cm³/mol. The van der Waals surface area contributed by atoms with Crippen LogP contribution in [-0.2, 0) is 17.6 Å². The summed E-state index contributed by atoms with van der Waals surface area (Å²) >= 11 is 13.7. The van der Waals surface area contributed by atoms with E-state index < -0.39 is 17.9 Å². The number of carbonyl (C=O) groups excluding carboxylic acids is 1. The normalized spacial score (nSPS) is 12.2. The van der Waals surface area contributed by atoms with Gasteiger partial charge in [-0.25, -0.2) is 9.78 Å². The maximum atomic E-state index is 13.1. The van der Waals surface area contributed by atoms with E-state index in [0.29, 0.717) is 27.2 Å². The van der Waals surface area contributed by atoms with Crippen LogP contribution in [0.15, 0.2) is 53.9 Å². The topological polar surface area (TPSA) is 84.2 Å². The van der Waals surface area contributed by atoms with Gasteiger partial charge in [-0.3, -0.25) is 4.79 Å². The molecule has 0 spiro atoms. The van der Waals surface area contributed by atoms with Gasteiger partial charge in [0, 0.05) is 29.3 Å². The van der Waals surface area contributed by atoms with Crippen molar-refractivity contribution in [3.8, 4) is 0 Å². The van der Waals surface area contributed by atoms with E-state index in [1.54, 1.807) is 41.7 Å². The van der Waals surface area contributed by atoms with E-state index in [4.69, 9.17) is 28.2 Å². The lowest BCUT2D eigenvalue weighted by Crippen LogP contribution is -2.42. The maximum Gasteiger partial charge on any atom is 0.326 e. The largest absolute Gasteiger partial charge is 0.480 e. The van der Waals surface area contributed by atoms with E-state index >= 15 is 0 Å². The van der Waals surface area contributed by atoms with Crippen molar-refractivity contribution in [1.82, 2.24) is 14.9 Å². The summed E-state index contributed by atoms with van der Waals surface area (Å²) < 4.78 is 2.28. The van der Waals surface area contributed by atoms with Crippen LogP contribution in [0.1, 0.15) is 59.4 Å². The summed E-state index contributed by atoms with van der Waals surface area (Å²) in [4.78, 5) is 31.1. The molecular formula is C27H27Cl2N3O3S. The van der Waals surface area contributed by atoms with Crippen molar-refractivity contribution in [1.29, 1.82) is 0 Å². The molecule has 0 aliphatic carbocycles. The monoisotopic (exact) mass is 543 g/mol. The molecule has 4 aromatic rings. The maximum absolute atomic E-state index is 13.1. The van der Waals surface area contributed by atoms with Crippen LogP contribution >= 0.6 is 34.5 Å². The van der Waals surface area contributed by atoms with Crippen LogP contribution in [0.3, 0.4) is 0 Å². The third kappa shape index (κ3) is 5.75. The van der Waals surface area contributed by atoms with Crippen molar-refractivity contribution >= 4 is 57.4 Å². The first-order valence-electron chi connectivity index (χ1n) is 11.8. The first kappa shape index (κ1) is 26.2. The van der Waals surface area contributed by atoms with Gasteiger partial charge in [-0.2, -0.15) is 0 Å². The number of aromatic nitrogens is 2. The quantitative estimate of drug-likeness (QED) is 0.231. The number of aliphatic carboxylic acids is 1. The summed E-state index contributed by atoms with van der Waals surface area (Å²) in [6.45, 7) is 4.33. The van der Waals surface area contributed by atoms with Crippen molar-refractivity contribution in [2.75, 3.05) is 0 Å². The van der Waals surface area contributed by atoms with Crippen LogP contribution in [-0.4, -0.2) is 32.6 Å². The molecule has 1 amide bonds. The highest BCUT2D eigenvalue weighted by Crippen LogP contribution is 2.29. The fourth-order valence-electron chi connectivity index (χ4n) is 4.39. The molecule has 0 saturated heterocycles. The van der Waals surface area contributed by atoms with Gasteiger partial charge in [-0.1, -0.05) is 49.2 Å². The minimum Gasteiger partial charge on any atom is -0.480 e. The van der Waals surface area contributed by atoms with Crippen molar-refractivity contribution in [2.24, 2.45) is 0 Å². The molecule has 2 aromatic carbocycles. The van der Waals surface area contributed by atoms with Gasteiger partial charge in [0.25, 0.3) is 5.91 Å². The van der Waals surface area contributed by atoms with Gasteiger partial charge in [-0.05, 0) is 60.2 Å². The Morgan fingerprint density at radius 3 is 2.50 bits per heavy atom. The second kappa shape index (κ2) is 11.5. The van der Waals surface area contributed by atoms with Crippen molar-refractivity contribution in [3.05, 3.63) is 85.8 Å². The highest BCUT2D eigenvalue weighted by molar-refractivity contribution is 7.09. The number of carboxylic acids is 1. The average Bonchev–Trinajstić information content (AvgIpc) is 3.49. The Morgan fingerprint density at radius 1 is 1.08 bits per heavy atom. The van der Waals surface area contributed by atoms with Crippen LogP contribution in [0.4, 0.5) is 0 Å². The van der Waals surface area contributed by atoms with Crippen LogP contribution in [0.2, 0.25) is 10.0 Å². The van der Waals surface area contributed by atoms with Crippen LogP contribution < -0.4 is 5.32 Å². The zero-order chi connectivity index (χ0) is 25.8. The first-order chi connectivity index (χ1) is 17.3. The molecule has 4 rings (SSSR count). The number of carboxylic acid groups (broad SMARTS) is 1. The lowest BCUT2D eigenvalue weighted by Gasteiger charge is -2.19. The molecule has 0 radical (unpaired) electrons. The number of halogens is 2. The zero-order valence-electron chi connectivity index (χ0n) is 20.0. The Balaban J connectivity index is 1.61. The van der Waals surface area contributed by atoms with Crippen molar-refractivity contribution in [2.45, 2.75) is 51.6 Å². The van der Waals surface area contributed by atoms with Crippen molar-refractivity contribution < 1.29 is 14.7 Å². The molecule has 2 aromatic heterocycles. The molecule has 1 unspecified atom stereocenters. The molecule has 188 valence electrons. The number of rotatable bonds is 10. The number of nitrogens with zero attached hydrogens (tertiary/aromatic N) is 2. The first-order valence-corrected chi connectivity index (χ1v) is 13.4. The molecule has 0 saturated carbocycles. The number of hydrogen-bond donors (Lipinski definition) is 2.